The first-order valence-electron chi connectivity index (χ1n) is 3.67. The minimum Gasteiger partial charge on any atom is -0.337 e. The third kappa shape index (κ3) is 1.89. The van der Waals surface area contributed by atoms with Gasteiger partial charge in [0.25, 0.3) is 0 Å². The fraction of sp³-hybridized carbons (Fsp3) is 1.00. The molecule has 10 heavy (non-hydrogen) atoms. The number of rotatable bonds is 0. The van der Waals surface area contributed by atoms with E-state index in [1.807, 2.05) is 0 Å². The molecule has 0 saturated carbocycles. The van der Waals surface area contributed by atoms with E-state index in [1.165, 1.54) is 0 Å². The minimum atomic E-state index is 0.443. The predicted molar refractivity (Wildman–Crippen MR) is 57.7 cm³/mol. The summed E-state index contributed by atoms with van der Waals surface area (Å²) in [7, 11) is 4.35. The monoisotopic (exact) mass is 173 g/mol. The fourth-order valence-corrected chi connectivity index (χ4v) is 2.07. The summed E-state index contributed by atoms with van der Waals surface area (Å²) in [6.45, 7) is 1.07. The molecule has 3 atom stereocenters. The summed E-state index contributed by atoms with van der Waals surface area (Å²) >= 11 is 8.93. The van der Waals surface area contributed by atoms with E-state index in [1.54, 1.807) is 0 Å². The van der Waals surface area contributed by atoms with Gasteiger partial charge in [-0.3, -0.25) is 0 Å². The lowest BCUT2D eigenvalue weighted by Crippen LogP contribution is -2.42. The van der Waals surface area contributed by atoms with Crippen molar-refractivity contribution in [2.24, 2.45) is 0 Å². The molecule has 1 rings (SSSR count). The first-order chi connectivity index (χ1) is 4.61. The van der Waals surface area contributed by atoms with Gasteiger partial charge in [0.1, 0.15) is 7.85 Å². The van der Waals surface area contributed by atoms with Gasteiger partial charge in [-0.05, 0) is 13.0 Å². The Bertz CT molecular complexity index is 98.2. The van der Waals surface area contributed by atoms with Crippen LogP contribution in [0.25, 0.3) is 0 Å². The van der Waals surface area contributed by atoms with Crippen LogP contribution in [0.2, 0.25) is 5.82 Å². The molecule has 0 aromatic rings. The molecule has 0 aromatic carbocycles. The van der Waals surface area contributed by atoms with Gasteiger partial charge in [-0.1, -0.05) is 5.82 Å². The number of nitrogens with zero attached hydrogens (tertiary/aromatic N) is 1. The average Bonchev–Trinajstić information content (AvgIpc) is 1.84. The van der Waals surface area contributed by atoms with Crippen molar-refractivity contribution in [2.45, 2.75) is 22.9 Å². The molecular formula is C5H13B2NS2. The van der Waals surface area contributed by atoms with Gasteiger partial charge < -0.3 is 4.81 Å². The largest absolute Gasteiger partial charge is 0.337 e. The lowest BCUT2D eigenvalue weighted by Gasteiger charge is -2.37. The van der Waals surface area contributed by atoms with E-state index in [-0.39, 0.29) is 0 Å². The summed E-state index contributed by atoms with van der Waals surface area (Å²) < 4.78 is 0. The number of hydrogen-bond acceptors (Lipinski definition) is 3. The molecule has 0 amide bonds. The van der Waals surface area contributed by atoms with Crippen molar-refractivity contribution in [3.8, 4) is 0 Å². The van der Waals surface area contributed by atoms with Crippen LogP contribution in [-0.2, 0) is 0 Å². The zero-order chi connectivity index (χ0) is 7.72. The Morgan fingerprint density at radius 2 is 2.00 bits per heavy atom. The Labute approximate surface area is 75.6 Å². The summed E-state index contributed by atoms with van der Waals surface area (Å²) in [5.41, 5.74) is 0. The Kier molecular flexibility index (Phi) is 3.07. The van der Waals surface area contributed by atoms with Gasteiger partial charge in [-0.2, -0.15) is 25.3 Å². The van der Waals surface area contributed by atoms with Crippen LogP contribution in [0.5, 0.6) is 0 Å². The van der Waals surface area contributed by atoms with Crippen LogP contribution >= 0.6 is 25.3 Å². The summed E-state index contributed by atoms with van der Waals surface area (Å²) in [5.74, 6) is 0.710. The van der Waals surface area contributed by atoms with E-state index in [4.69, 9.17) is 0 Å². The Hall–Kier alpha value is 0.790. The SMILES string of the molecule is BC1CC(S)N(B)CC1S. The second-order valence-electron chi connectivity index (χ2n) is 3.20. The summed E-state index contributed by atoms with van der Waals surface area (Å²) in [6.07, 6.45) is 1.16. The normalized spacial score (nSPS) is 43.6. The molecule has 0 spiro atoms. The van der Waals surface area contributed by atoms with Gasteiger partial charge in [-0.15, -0.1) is 0 Å². The molecule has 0 radical (unpaired) electrons. The minimum absolute atomic E-state index is 0.443. The van der Waals surface area contributed by atoms with Crippen molar-refractivity contribution in [1.82, 2.24) is 4.81 Å². The number of piperidine rings is 1. The van der Waals surface area contributed by atoms with Crippen LogP contribution in [0.1, 0.15) is 6.42 Å². The fourth-order valence-electron chi connectivity index (χ4n) is 1.27. The molecule has 0 aromatic heterocycles. The van der Waals surface area contributed by atoms with Gasteiger partial charge in [0.05, 0.1) is 0 Å². The van der Waals surface area contributed by atoms with E-state index in [2.05, 4.69) is 45.9 Å². The maximum atomic E-state index is 4.48. The van der Waals surface area contributed by atoms with Gasteiger partial charge in [0, 0.05) is 10.6 Å². The number of hydrogen-bond donors (Lipinski definition) is 2. The molecule has 5 heteroatoms. The highest BCUT2D eigenvalue weighted by Crippen LogP contribution is 2.28. The molecule has 1 aliphatic rings. The Morgan fingerprint density at radius 1 is 1.40 bits per heavy atom. The second kappa shape index (κ2) is 3.46. The van der Waals surface area contributed by atoms with Crippen LogP contribution in [-0.4, -0.2) is 37.8 Å². The van der Waals surface area contributed by atoms with E-state index in [0.717, 1.165) is 13.0 Å². The van der Waals surface area contributed by atoms with Crippen molar-refractivity contribution in [3.63, 3.8) is 0 Å². The van der Waals surface area contributed by atoms with Crippen LogP contribution in [0.15, 0.2) is 0 Å². The third-order valence-corrected chi connectivity index (χ3v) is 3.50. The molecule has 1 aliphatic heterocycles. The Balaban J connectivity index is 2.46. The van der Waals surface area contributed by atoms with Gasteiger partial charge in [0.2, 0.25) is 0 Å². The maximum Gasteiger partial charge on any atom is 0.186 e. The van der Waals surface area contributed by atoms with Crippen LogP contribution in [0, 0.1) is 0 Å². The smallest absolute Gasteiger partial charge is 0.186 e. The van der Waals surface area contributed by atoms with Gasteiger partial charge in [-0.25, -0.2) is 0 Å². The van der Waals surface area contributed by atoms with Crippen LogP contribution in [0.4, 0.5) is 0 Å². The van der Waals surface area contributed by atoms with E-state index in [0.29, 0.717) is 16.4 Å². The number of thiol groups is 2. The molecule has 0 N–H and O–H groups in total. The zero-order valence-corrected chi connectivity index (χ0v) is 8.28. The van der Waals surface area contributed by atoms with Crippen LogP contribution in [0.3, 0.4) is 0 Å². The first-order valence-corrected chi connectivity index (χ1v) is 4.71. The summed E-state index contributed by atoms with van der Waals surface area (Å²) in [6, 6.07) is 0. The molecule has 56 valence electrons. The average molecular weight is 173 g/mol. The molecule has 0 aliphatic carbocycles. The van der Waals surface area contributed by atoms with Crippen molar-refractivity contribution >= 4 is 41.1 Å². The lowest BCUT2D eigenvalue weighted by molar-refractivity contribution is 0.350. The molecule has 3 unspecified atom stereocenters. The maximum absolute atomic E-state index is 4.48. The molecule has 1 saturated heterocycles. The van der Waals surface area contributed by atoms with Gasteiger partial charge in [0.15, 0.2) is 7.98 Å². The quantitative estimate of drug-likeness (QED) is 0.359. The highest BCUT2D eigenvalue weighted by atomic mass is 32.1. The van der Waals surface area contributed by atoms with Crippen molar-refractivity contribution in [1.29, 1.82) is 0 Å². The molecule has 1 nitrogen and oxygen atoms in total. The first kappa shape index (κ1) is 8.88. The zero-order valence-electron chi connectivity index (χ0n) is 6.49. The van der Waals surface area contributed by atoms with Crippen molar-refractivity contribution in [3.05, 3.63) is 0 Å². The van der Waals surface area contributed by atoms with Crippen LogP contribution < -0.4 is 0 Å². The van der Waals surface area contributed by atoms with E-state index < -0.39 is 0 Å². The summed E-state index contributed by atoms with van der Waals surface area (Å²) in [4.78, 5) is 2.25. The topological polar surface area (TPSA) is 3.24 Å². The highest BCUT2D eigenvalue weighted by molar-refractivity contribution is 7.81. The van der Waals surface area contributed by atoms with E-state index in [9.17, 15) is 0 Å². The van der Waals surface area contributed by atoms with Gasteiger partial charge >= 0.3 is 0 Å². The van der Waals surface area contributed by atoms with E-state index >= 15 is 0 Å². The molecule has 0 bridgehead atoms. The third-order valence-electron chi connectivity index (χ3n) is 2.22. The summed E-state index contributed by atoms with van der Waals surface area (Å²) in [5, 5.41) is 0.979. The predicted octanol–water partition coefficient (Wildman–Crippen LogP) is -0.784. The molecular weight excluding hydrogens is 160 g/mol. The molecule has 1 heterocycles. The Morgan fingerprint density at radius 3 is 2.50 bits per heavy atom. The van der Waals surface area contributed by atoms with Crippen molar-refractivity contribution in [2.75, 3.05) is 6.54 Å². The molecule has 1 fully saturated rings. The second-order valence-corrected chi connectivity index (χ2v) is 4.46. The highest BCUT2D eigenvalue weighted by Gasteiger charge is 2.26. The lowest BCUT2D eigenvalue weighted by atomic mass is 9.78. The van der Waals surface area contributed by atoms with Crippen molar-refractivity contribution < 1.29 is 0 Å². The standard InChI is InChI=1S/C5H13B2NS2/c6-3-1-5(10)8(7)2-4(3)9/h3-5,9-10H,1-2,6-7H2.